The molecule has 2 aromatic rings. The number of nitrogen functional groups attached to an aromatic ring is 1. The summed E-state index contributed by atoms with van der Waals surface area (Å²) in [7, 11) is 1.75. The first-order valence-electron chi connectivity index (χ1n) is 9.11. The van der Waals surface area contributed by atoms with Gasteiger partial charge in [-0.05, 0) is 19.8 Å². The molecule has 1 aliphatic rings. The fourth-order valence-electron chi connectivity index (χ4n) is 3.55. The Morgan fingerprint density at radius 1 is 1.50 bits per heavy atom. The van der Waals surface area contributed by atoms with Crippen LogP contribution in [0, 0.1) is 5.92 Å². The number of nitrogens with two attached hydrogens (primary N) is 1. The standard InChI is InChI=1S/C17H27N5O4/c1-4-5-7-25-8-6-11-10(2)26-16(13(11)23)22-9-21(3)12-14(22)19-17(18)20-15(12)24/h9-11,13,16,23H,4-8H2,1-3H3,(H2-,18,19,20,24)/p+1/t10-,11-,13-,16-/m1/s1. The number of unbranched alkanes of at least 4 members (excludes halogenated alkanes) is 1. The van der Waals surface area contributed by atoms with Crippen molar-refractivity contribution >= 4 is 17.1 Å². The Labute approximate surface area is 151 Å². The maximum absolute atomic E-state index is 12.2. The molecule has 26 heavy (non-hydrogen) atoms. The minimum absolute atomic E-state index is 0.0314. The van der Waals surface area contributed by atoms with Crippen LogP contribution in [0.3, 0.4) is 0 Å². The molecule has 0 unspecified atom stereocenters. The van der Waals surface area contributed by atoms with Crippen LogP contribution in [0.1, 0.15) is 39.3 Å². The number of ether oxygens (including phenoxy) is 2. The second-order valence-electron chi connectivity index (χ2n) is 6.90. The van der Waals surface area contributed by atoms with Gasteiger partial charge in [0, 0.05) is 19.1 Å². The quantitative estimate of drug-likeness (QED) is 0.477. The third-order valence-electron chi connectivity index (χ3n) is 4.99. The van der Waals surface area contributed by atoms with Gasteiger partial charge >= 0.3 is 5.65 Å². The highest BCUT2D eigenvalue weighted by Gasteiger charge is 2.45. The van der Waals surface area contributed by atoms with Crippen LogP contribution in [0.15, 0.2) is 11.1 Å². The third kappa shape index (κ3) is 3.46. The highest BCUT2D eigenvalue weighted by Crippen LogP contribution is 2.33. The number of aliphatic hydroxyl groups excluding tert-OH is 1. The molecule has 4 N–H and O–H groups in total. The molecule has 0 radical (unpaired) electrons. The van der Waals surface area contributed by atoms with Crippen molar-refractivity contribution < 1.29 is 19.1 Å². The van der Waals surface area contributed by atoms with Crippen molar-refractivity contribution in [1.82, 2.24) is 14.5 Å². The fraction of sp³-hybridized carbons (Fsp3) is 0.706. The Balaban J connectivity index is 1.80. The Morgan fingerprint density at radius 3 is 3.00 bits per heavy atom. The van der Waals surface area contributed by atoms with E-state index < -0.39 is 12.3 Å². The summed E-state index contributed by atoms with van der Waals surface area (Å²) in [4.78, 5) is 18.9. The van der Waals surface area contributed by atoms with E-state index in [4.69, 9.17) is 15.2 Å². The van der Waals surface area contributed by atoms with Gasteiger partial charge in [0.25, 0.3) is 11.5 Å². The van der Waals surface area contributed by atoms with Crippen LogP contribution in [-0.2, 0) is 16.5 Å². The van der Waals surface area contributed by atoms with Crippen molar-refractivity contribution in [3.05, 3.63) is 16.7 Å². The zero-order chi connectivity index (χ0) is 18.8. The largest absolute Gasteiger partial charge is 0.386 e. The van der Waals surface area contributed by atoms with Crippen molar-refractivity contribution in [3.63, 3.8) is 0 Å². The first kappa shape index (κ1) is 18.8. The number of nitrogens with one attached hydrogen (secondary N) is 1. The van der Waals surface area contributed by atoms with Crippen LogP contribution >= 0.6 is 0 Å². The normalized spacial score (nSPS) is 26.0. The second-order valence-corrected chi connectivity index (χ2v) is 6.90. The van der Waals surface area contributed by atoms with Gasteiger partial charge in [-0.25, -0.2) is 4.57 Å². The van der Waals surface area contributed by atoms with Crippen LogP contribution in [0.2, 0.25) is 0 Å². The molecule has 9 nitrogen and oxygen atoms in total. The molecule has 3 heterocycles. The number of aromatic amines is 1. The summed E-state index contributed by atoms with van der Waals surface area (Å²) in [6.45, 7) is 5.40. The van der Waals surface area contributed by atoms with Crippen molar-refractivity contribution in [1.29, 1.82) is 0 Å². The molecule has 4 atom stereocenters. The average Bonchev–Trinajstić information content (AvgIpc) is 3.05. The maximum atomic E-state index is 12.2. The van der Waals surface area contributed by atoms with Gasteiger partial charge < -0.3 is 20.3 Å². The van der Waals surface area contributed by atoms with Crippen molar-refractivity contribution in [3.8, 4) is 0 Å². The molecule has 0 aliphatic carbocycles. The highest BCUT2D eigenvalue weighted by molar-refractivity contribution is 5.67. The molecular formula is C17H28N5O4+. The number of hydrogen-bond acceptors (Lipinski definition) is 6. The van der Waals surface area contributed by atoms with Crippen LogP contribution in [0.4, 0.5) is 5.95 Å². The average molecular weight is 366 g/mol. The number of aryl methyl sites for hydroxylation is 1. The molecule has 3 rings (SSSR count). The minimum atomic E-state index is -0.724. The summed E-state index contributed by atoms with van der Waals surface area (Å²) < 4.78 is 15.0. The third-order valence-corrected chi connectivity index (χ3v) is 4.99. The van der Waals surface area contributed by atoms with Gasteiger partial charge in [0.15, 0.2) is 6.33 Å². The number of H-pyrrole nitrogens is 1. The molecule has 2 aromatic heterocycles. The van der Waals surface area contributed by atoms with Gasteiger partial charge in [-0.15, -0.1) is 0 Å². The molecule has 0 bridgehead atoms. The SMILES string of the molecule is CCCCOCC[C@H]1[C@@H](O)[C@H]([n+]2cn(C)c3c(=O)[nH]c(N)nc32)O[C@@H]1C. The van der Waals surface area contributed by atoms with E-state index in [2.05, 4.69) is 16.9 Å². The topological polar surface area (TPSA) is 119 Å². The summed E-state index contributed by atoms with van der Waals surface area (Å²) in [5, 5.41) is 10.8. The van der Waals surface area contributed by atoms with Crippen molar-refractivity contribution in [2.45, 2.75) is 51.5 Å². The number of rotatable bonds is 7. The van der Waals surface area contributed by atoms with E-state index in [0.717, 1.165) is 19.4 Å². The first-order chi connectivity index (χ1) is 12.4. The molecule has 0 saturated carbocycles. The smallest absolute Gasteiger partial charge is 0.313 e. The van der Waals surface area contributed by atoms with E-state index in [1.165, 1.54) is 0 Å². The predicted molar refractivity (Wildman–Crippen MR) is 95.4 cm³/mol. The number of nitrogens with zero attached hydrogens (tertiary/aromatic N) is 3. The second kappa shape index (κ2) is 7.73. The summed E-state index contributed by atoms with van der Waals surface area (Å²) in [6, 6.07) is 0. The first-order valence-corrected chi connectivity index (χ1v) is 9.11. The predicted octanol–water partition coefficient (Wildman–Crippen LogP) is 0.233. The number of hydrogen-bond donors (Lipinski definition) is 3. The van der Waals surface area contributed by atoms with Gasteiger partial charge in [-0.2, -0.15) is 0 Å². The number of fused-ring (bicyclic) bond motifs is 1. The summed E-state index contributed by atoms with van der Waals surface area (Å²) in [5.41, 5.74) is 6.14. The number of imidazole rings is 1. The molecule has 0 amide bonds. The number of aliphatic hydroxyl groups is 1. The molecule has 0 aromatic carbocycles. The van der Waals surface area contributed by atoms with E-state index in [1.54, 1.807) is 22.5 Å². The zero-order valence-electron chi connectivity index (χ0n) is 15.5. The van der Waals surface area contributed by atoms with Gasteiger partial charge in [0.05, 0.1) is 13.2 Å². The van der Waals surface area contributed by atoms with E-state index in [-0.39, 0.29) is 23.5 Å². The summed E-state index contributed by atoms with van der Waals surface area (Å²) in [5.74, 6) is -0.0208. The molecule has 1 aliphatic heterocycles. The Bertz CT molecular complexity index is 817. The van der Waals surface area contributed by atoms with Crippen molar-refractivity contribution in [2.24, 2.45) is 13.0 Å². The minimum Gasteiger partial charge on any atom is -0.386 e. The molecule has 9 heteroatoms. The summed E-state index contributed by atoms with van der Waals surface area (Å²) >= 11 is 0. The van der Waals surface area contributed by atoms with E-state index in [1.807, 2.05) is 6.92 Å². The fourth-order valence-corrected chi connectivity index (χ4v) is 3.55. The summed E-state index contributed by atoms with van der Waals surface area (Å²) in [6.07, 6.45) is 3.07. The van der Waals surface area contributed by atoms with E-state index in [0.29, 0.717) is 24.2 Å². The molecular weight excluding hydrogens is 338 g/mol. The lowest BCUT2D eigenvalue weighted by Gasteiger charge is -2.17. The van der Waals surface area contributed by atoms with Gasteiger partial charge in [-0.1, -0.05) is 18.3 Å². The van der Waals surface area contributed by atoms with Gasteiger partial charge in [0.2, 0.25) is 11.7 Å². The Hall–Kier alpha value is -1.97. The number of anilines is 1. The van der Waals surface area contributed by atoms with Gasteiger partial charge in [0.1, 0.15) is 6.10 Å². The van der Waals surface area contributed by atoms with Crippen molar-refractivity contribution in [2.75, 3.05) is 18.9 Å². The zero-order valence-corrected chi connectivity index (χ0v) is 15.5. The Kier molecular flexibility index (Phi) is 5.59. The number of aromatic nitrogens is 4. The van der Waals surface area contributed by atoms with E-state index >= 15 is 0 Å². The van der Waals surface area contributed by atoms with Crippen LogP contribution < -0.4 is 15.9 Å². The lowest BCUT2D eigenvalue weighted by molar-refractivity contribution is -0.745. The highest BCUT2D eigenvalue weighted by atomic mass is 16.5. The monoisotopic (exact) mass is 366 g/mol. The lowest BCUT2D eigenvalue weighted by atomic mass is 9.95. The molecule has 144 valence electrons. The maximum Gasteiger partial charge on any atom is 0.313 e. The van der Waals surface area contributed by atoms with E-state index in [9.17, 15) is 9.90 Å². The van der Waals surface area contributed by atoms with Gasteiger partial charge in [-0.3, -0.25) is 14.3 Å². The molecule has 1 fully saturated rings. The Morgan fingerprint density at radius 2 is 2.27 bits per heavy atom. The molecule has 0 spiro atoms. The molecule has 1 saturated heterocycles. The van der Waals surface area contributed by atoms with Crippen LogP contribution in [-0.4, -0.2) is 45.1 Å². The van der Waals surface area contributed by atoms with Crippen LogP contribution in [0.25, 0.3) is 11.2 Å². The lowest BCUT2D eigenvalue weighted by Crippen LogP contribution is -2.45. The van der Waals surface area contributed by atoms with Crippen LogP contribution in [0.5, 0.6) is 0 Å².